The van der Waals surface area contributed by atoms with Crippen LogP contribution in [0.15, 0.2) is 0 Å². The van der Waals surface area contributed by atoms with Gasteiger partial charge < -0.3 is 10.2 Å². The van der Waals surface area contributed by atoms with Crippen molar-refractivity contribution in [3.63, 3.8) is 0 Å². The lowest BCUT2D eigenvalue weighted by molar-refractivity contribution is -0.105. The number of fused-ring (bicyclic) bond motifs is 6. The van der Waals surface area contributed by atoms with Crippen LogP contribution in [0.25, 0.3) is 0 Å². The lowest BCUT2D eigenvalue weighted by Crippen LogP contribution is -2.44. The standard InChI is InChI=1S/C11H20O2/c12-10-6-5-9-3-1-7-11(10,13)8-2-4-9/h9-10,12-13H,1-8H2. The third kappa shape index (κ3) is 1.89. The van der Waals surface area contributed by atoms with Gasteiger partial charge in [-0.2, -0.15) is 0 Å². The van der Waals surface area contributed by atoms with Crippen LogP contribution in [0.5, 0.6) is 0 Å². The quantitative estimate of drug-likeness (QED) is 0.603. The van der Waals surface area contributed by atoms with E-state index in [2.05, 4.69) is 0 Å². The second kappa shape index (κ2) is 3.58. The first-order valence-electron chi connectivity index (χ1n) is 5.61. The minimum absolute atomic E-state index is 0.462. The van der Waals surface area contributed by atoms with Crippen molar-refractivity contribution in [1.29, 1.82) is 0 Å². The third-order valence-electron chi connectivity index (χ3n) is 3.91. The zero-order chi connectivity index (χ0) is 9.31. The molecule has 0 heterocycles. The Hall–Kier alpha value is -0.0800. The van der Waals surface area contributed by atoms with E-state index in [4.69, 9.17) is 0 Å². The van der Waals surface area contributed by atoms with E-state index in [0.29, 0.717) is 0 Å². The highest BCUT2D eigenvalue weighted by Gasteiger charge is 2.38. The summed E-state index contributed by atoms with van der Waals surface area (Å²) in [5.74, 6) is 0.819. The van der Waals surface area contributed by atoms with Crippen molar-refractivity contribution in [1.82, 2.24) is 0 Å². The molecule has 1 atom stereocenters. The van der Waals surface area contributed by atoms with Crippen molar-refractivity contribution in [2.24, 2.45) is 5.92 Å². The minimum atomic E-state index is -0.745. The summed E-state index contributed by atoms with van der Waals surface area (Å²) in [5, 5.41) is 20.1. The first kappa shape index (κ1) is 9.47. The van der Waals surface area contributed by atoms with Gasteiger partial charge in [-0.25, -0.2) is 0 Å². The predicted molar refractivity (Wildman–Crippen MR) is 51.4 cm³/mol. The van der Waals surface area contributed by atoms with E-state index in [0.717, 1.165) is 44.4 Å². The Kier molecular flexibility index (Phi) is 2.61. The van der Waals surface area contributed by atoms with Crippen LogP contribution in [-0.2, 0) is 0 Å². The van der Waals surface area contributed by atoms with E-state index >= 15 is 0 Å². The maximum atomic E-state index is 10.2. The van der Waals surface area contributed by atoms with E-state index in [9.17, 15) is 10.2 Å². The Morgan fingerprint density at radius 2 is 1.54 bits per heavy atom. The van der Waals surface area contributed by atoms with Crippen LogP contribution in [0.3, 0.4) is 0 Å². The normalized spacial score (nSPS) is 46.6. The lowest BCUT2D eigenvalue weighted by Gasteiger charge is -2.39. The van der Waals surface area contributed by atoms with E-state index in [1.54, 1.807) is 0 Å². The first-order chi connectivity index (χ1) is 6.21. The zero-order valence-electron chi connectivity index (χ0n) is 8.21. The maximum absolute atomic E-state index is 10.2. The molecule has 3 saturated carbocycles. The van der Waals surface area contributed by atoms with Gasteiger partial charge in [-0.05, 0) is 31.6 Å². The molecule has 2 nitrogen and oxygen atoms in total. The number of rotatable bonds is 0. The molecule has 2 N–H and O–H groups in total. The van der Waals surface area contributed by atoms with Gasteiger partial charge >= 0.3 is 0 Å². The summed E-state index contributed by atoms with van der Waals surface area (Å²) >= 11 is 0. The molecule has 0 aromatic heterocycles. The molecule has 0 radical (unpaired) electrons. The van der Waals surface area contributed by atoms with Gasteiger partial charge in [-0.1, -0.05) is 25.7 Å². The Morgan fingerprint density at radius 1 is 0.923 bits per heavy atom. The summed E-state index contributed by atoms with van der Waals surface area (Å²) in [4.78, 5) is 0. The highest BCUT2D eigenvalue weighted by atomic mass is 16.3. The number of aliphatic hydroxyl groups is 2. The van der Waals surface area contributed by atoms with Gasteiger partial charge in [-0.3, -0.25) is 0 Å². The molecule has 0 aromatic carbocycles. The van der Waals surface area contributed by atoms with Gasteiger partial charge in [0.1, 0.15) is 0 Å². The fourth-order valence-corrected chi connectivity index (χ4v) is 2.95. The average Bonchev–Trinajstić information content (AvgIpc) is 2.06. The second-order valence-corrected chi connectivity index (χ2v) is 4.85. The topological polar surface area (TPSA) is 40.5 Å². The van der Waals surface area contributed by atoms with Crippen molar-refractivity contribution in [2.45, 2.75) is 63.1 Å². The van der Waals surface area contributed by atoms with Crippen LogP contribution in [0.1, 0.15) is 51.4 Å². The summed E-state index contributed by atoms with van der Waals surface area (Å²) < 4.78 is 0. The molecule has 0 spiro atoms. The van der Waals surface area contributed by atoms with E-state index in [1.807, 2.05) is 0 Å². The number of hydrogen-bond donors (Lipinski definition) is 2. The van der Waals surface area contributed by atoms with E-state index in [-0.39, 0.29) is 0 Å². The SMILES string of the molecule is OC1CCC2CCCC1(O)CCC2. The molecule has 3 aliphatic carbocycles. The zero-order valence-corrected chi connectivity index (χ0v) is 8.21. The van der Waals surface area contributed by atoms with Gasteiger partial charge in [0, 0.05) is 0 Å². The van der Waals surface area contributed by atoms with Gasteiger partial charge in [0.25, 0.3) is 0 Å². The van der Waals surface area contributed by atoms with Crippen LogP contribution in [0.4, 0.5) is 0 Å². The van der Waals surface area contributed by atoms with E-state index in [1.165, 1.54) is 12.8 Å². The molecule has 2 heteroatoms. The van der Waals surface area contributed by atoms with E-state index < -0.39 is 11.7 Å². The number of aliphatic hydroxyl groups excluding tert-OH is 1. The fourth-order valence-electron chi connectivity index (χ4n) is 2.95. The van der Waals surface area contributed by atoms with Crippen LogP contribution in [0.2, 0.25) is 0 Å². The predicted octanol–water partition coefficient (Wildman–Crippen LogP) is 1.84. The van der Waals surface area contributed by atoms with Crippen molar-refractivity contribution >= 4 is 0 Å². The largest absolute Gasteiger partial charge is 0.390 e. The molecule has 1 unspecified atom stereocenters. The molecule has 3 rings (SSSR count). The van der Waals surface area contributed by atoms with Crippen LogP contribution < -0.4 is 0 Å². The number of hydrogen-bond acceptors (Lipinski definition) is 2. The third-order valence-corrected chi connectivity index (χ3v) is 3.91. The first-order valence-corrected chi connectivity index (χ1v) is 5.61. The fraction of sp³-hybridized carbons (Fsp3) is 1.00. The molecule has 3 aliphatic rings. The Morgan fingerprint density at radius 3 is 2.15 bits per heavy atom. The van der Waals surface area contributed by atoms with Gasteiger partial charge in [0.05, 0.1) is 11.7 Å². The summed E-state index contributed by atoms with van der Waals surface area (Å²) in [6.45, 7) is 0. The minimum Gasteiger partial charge on any atom is -0.390 e. The highest BCUT2D eigenvalue weighted by molar-refractivity contribution is 4.91. The summed E-state index contributed by atoms with van der Waals surface area (Å²) in [6.07, 6.45) is 7.79. The Labute approximate surface area is 80.0 Å². The molecule has 0 saturated heterocycles. The molecule has 0 aromatic rings. The molecule has 0 aliphatic heterocycles. The molecule has 76 valence electrons. The Balaban J connectivity index is 2.13. The molecule has 2 bridgehead atoms. The van der Waals surface area contributed by atoms with Crippen molar-refractivity contribution in [3.8, 4) is 0 Å². The molecule has 13 heavy (non-hydrogen) atoms. The van der Waals surface area contributed by atoms with Crippen molar-refractivity contribution in [2.75, 3.05) is 0 Å². The van der Waals surface area contributed by atoms with Crippen LogP contribution in [0, 0.1) is 5.92 Å². The summed E-state index contributed by atoms with van der Waals surface area (Å²) in [5.41, 5.74) is -0.745. The second-order valence-electron chi connectivity index (χ2n) is 4.85. The van der Waals surface area contributed by atoms with Crippen LogP contribution >= 0.6 is 0 Å². The molecular weight excluding hydrogens is 164 g/mol. The summed E-state index contributed by atoms with van der Waals surface area (Å²) in [6, 6.07) is 0. The van der Waals surface area contributed by atoms with Gasteiger partial charge in [0.2, 0.25) is 0 Å². The van der Waals surface area contributed by atoms with Crippen molar-refractivity contribution in [3.05, 3.63) is 0 Å². The summed E-state index contributed by atoms with van der Waals surface area (Å²) in [7, 11) is 0. The highest BCUT2D eigenvalue weighted by Crippen LogP contribution is 2.38. The van der Waals surface area contributed by atoms with Gasteiger partial charge in [-0.15, -0.1) is 0 Å². The smallest absolute Gasteiger partial charge is 0.0905 e. The van der Waals surface area contributed by atoms with Crippen molar-refractivity contribution < 1.29 is 10.2 Å². The monoisotopic (exact) mass is 184 g/mol. The lowest BCUT2D eigenvalue weighted by atomic mass is 9.73. The van der Waals surface area contributed by atoms with Gasteiger partial charge in [0.15, 0.2) is 0 Å². The Bertz CT molecular complexity index is 169. The average molecular weight is 184 g/mol. The van der Waals surface area contributed by atoms with Crippen LogP contribution in [-0.4, -0.2) is 21.9 Å². The molecular formula is C11H20O2. The molecule has 0 amide bonds. The maximum Gasteiger partial charge on any atom is 0.0905 e. The molecule has 3 fully saturated rings.